The van der Waals surface area contributed by atoms with Crippen LogP contribution in [0, 0.1) is 0 Å². The minimum Gasteiger partial charge on any atom is -0.460 e. The largest absolute Gasteiger partial charge is 0.460 e. The average Bonchev–Trinajstić information content (AvgIpc) is 3.14. The summed E-state index contributed by atoms with van der Waals surface area (Å²) in [6.07, 6.45) is 2.13. The summed E-state index contributed by atoms with van der Waals surface area (Å²) in [4.78, 5) is 11.8. The Morgan fingerprint density at radius 3 is 2.53 bits per heavy atom. The van der Waals surface area contributed by atoms with Gasteiger partial charge >= 0.3 is 5.97 Å². The van der Waals surface area contributed by atoms with Crippen LogP contribution in [0.15, 0.2) is 30.3 Å². The number of ether oxygens (including phenoxy) is 2. The topological polar surface area (TPSA) is 38.8 Å². The lowest BCUT2D eigenvalue weighted by Crippen LogP contribution is -2.25. The molecule has 1 saturated carbocycles. The SMILES string of the molecule is O=C(OC1CC1)C1(c2ccccc2)CO1. The smallest absolute Gasteiger partial charge is 0.345 e. The van der Waals surface area contributed by atoms with Crippen molar-refractivity contribution < 1.29 is 14.3 Å². The molecule has 1 aliphatic heterocycles. The van der Waals surface area contributed by atoms with Gasteiger partial charge in [-0.1, -0.05) is 30.3 Å². The van der Waals surface area contributed by atoms with E-state index in [0.717, 1.165) is 18.4 Å². The second kappa shape index (κ2) is 3.07. The first kappa shape index (κ1) is 8.92. The van der Waals surface area contributed by atoms with Crippen LogP contribution in [0.25, 0.3) is 0 Å². The quantitative estimate of drug-likeness (QED) is 0.554. The van der Waals surface area contributed by atoms with Crippen LogP contribution in [0.3, 0.4) is 0 Å². The van der Waals surface area contributed by atoms with E-state index >= 15 is 0 Å². The highest BCUT2D eigenvalue weighted by atomic mass is 16.6. The first-order valence-electron chi connectivity index (χ1n) is 5.22. The van der Waals surface area contributed by atoms with Gasteiger partial charge in [-0.15, -0.1) is 0 Å². The van der Waals surface area contributed by atoms with Crippen LogP contribution in [0.1, 0.15) is 18.4 Å². The van der Waals surface area contributed by atoms with Crippen molar-refractivity contribution in [3.8, 4) is 0 Å². The lowest BCUT2D eigenvalue weighted by molar-refractivity contribution is -0.151. The molecule has 0 spiro atoms. The number of hydrogen-bond acceptors (Lipinski definition) is 3. The van der Waals surface area contributed by atoms with Crippen molar-refractivity contribution in [1.29, 1.82) is 0 Å². The summed E-state index contributed by atoms with van der Waals surface area (Å²) in [5.41, 5.74) is 0.111. The number of epoxide rings is 1. The average molecular weight is 204 g/mol. The molecule has 1 heterocycles. The number of benzene rings is 1. The highest BCUT2D eigenvalue weighted by Crippen LogP contribution is 2.41. The number of rotatable bonds is 3. The Hall–Kier alpha value is -1.35. The fourth-order valence-corrected chi connectivity index (χ4v) is 1.61. The van der Waals surface area contributed by atoms with Crippen molar-refractivity contribution in [2.75, 3.05) is 6.61 Å². The van der Waals surface area contributed by atoms with Gasteiger partial charge in [-0.3, -0.25) is 0 Å². The molecule has 2 fully saturated rings. The maximum atomic E-state index is 11.8. The summed E-state index contributed by atoms with van der Waals surface area (Å²) in [5, 5.41) is 0. The minimum absolute atomic E-state index is 0.141. The molecule has 1 atom stereocenters. The van der Waals surface area contributed by atoms with E-state index in [4.69, 9.17) is 9.47 Å². The third-order valence-corrected chi connectivity index (χ3v) is 2.80. The maximum Gasteiger partial charge on any atom is 0.345 e. The van der Waals surface area contributed by atoms with E-state index in [1.54, 1.807) is 0 Å². The van der Waals surface area contributed by atoms with Gasteiger partial charge in [-0.2, -0.15) is 0 Å². The van der Waals surface area contributed by atoms with E-state index in [9.17, 15) is 4.79 Å². The molecule has 0 radical (unpaired) electrons. The Balaban J connectivity index is 1.81. The lowest BCUT2D eigenvalue weighted by Gasteiger charge is -2.11. The minimum atomic E-state index is -0.788. The summed E-state index contributed by atoms with van der Waals surface area (Å²) in [6, 6.07) is 9.54. The Morgan fingerprint density at radius 1 is 1.33 bits per heavy atom. The molecular weight excluding hydrogens is 192 g/mol. The van der Waals surface area contributed by atoms with Crippen molar-refractivity contribution in [1.82, 2.24) is 0 Å². The maximum absolute atomic E-state index is 11.8. The van der Waals surface area contributed by atoms with E-state index in [1.807, 2.05) is 30.3 Å². The zero-order valence-corrected chi connectivity index (χ0v) is 8.31. The summed E-state index contributed by atoms with van der Waals surface area (Å²) in [6.45, 7) is 0.447. The number of carbonyl (C=O) groups is 1. The molecule has 0 aromatic heterocycles. The molecule has 0 N–H and O–H groups in total. The van der Waals surface area contributed by atoms with E-state index in [1.165, 1.54) is 0 Å². The first-order valence-corrected chi connectivity index (χ1v) is 5.22. The van der Waals surface area contributed by atoms with E-state index in [2.05, 4.69) is 0 Å². The molecule has 1 saturated heterocycles. The van der Waals surface area contributed by atoms with Gasteiger partial charge in [-0.05, 0) is 18.4 Å². The molecule has 15 heavy (non-hydrogen) atoms. The van der Waals surface area contributed by atoms with Gasteiger partial charge in [0.25, 0.3) is 0 Å². The molecular formula is C12H12O3. The summed E-state index contributed by atoms with van der Waals surface area (Å²) in [5.74, 6) is -0.226. The molecule has 2 aliphatic rings. The number of esters is 1. The predicted molar refractivity (Wildman–Crippen MR) is 53.2 cm³/mol. The first-order chi connectivity index (χ1) is 7.31. The van der Waals surface area contributed by atoms with Crippen LogP contribution < -0.4 is 0 Å². The van der Waals surface area contributed by atoms with Gasteiger partial charge < -0.3 is 9.47 Å². The van der Waals surface area contributed by atoms with E-state index in [-0.39, 0.29) is 12.1 Å². The molecule has 1 aromatic carbocycles. The second-order valence-electron chi connectivity index (χ2n) is 4.09. The third kappa shape index (κ3) is 1.53. The fraction of sp³-hybridized carbons (Fsp3) is 0.417. The Kier molecular flexibility index (Phi) is 1.83. The van der Waals surface area contributed by atoms with Crippen molar-refractivity contribution in [3.63, 3.8) is 0 Å². The number of carbonyl (C=O) groups excluding carboxylic acids is 1. The molecule has 0 amide bonds. The van der Waals surface area contributed by atoms with Crippen LogP contribution in [-0.2, 0) is 19.9 Å². The predicted octanol–water partition coefficient (Wildman–Crippen LogP) is 1.62. The Morgan fingerprint density at radius 2 is 2.00 bits per heavy atom. The van der Waals surface area contributed by atoms with Gasteiger partial charge in [0.1, 0.15) is 6.10 Å². The standard InChI is InChI=1S/C12H12O3/c13-11(15-10-6-7-10)12(8-14-12)9-4-2-1-3-5-9/h1-5,10H,6-8H2. The summed E-state index contributed by atoms with van der Waals surface area (Å²) >= 11 is 0. The van der Waals surface area contributed by atoms with Gasteiger partial charge in [0.2, 0.25) is 5.60 Å². The zero-order chi connectivity index (χ0) is 10.3. The fourth-order valence-electron chi connectivity index (χ4n) is 1.61. The highest BCUT2D eigenvalue weighted by Gasteiger charge is 2.56. The normalized spacial score (nSPS) is 28.5. The Labute approximate surface area is 88.0 Å². The second-order valence-corrected chi connectivity index (χ2v) is 4.09. The molecule has 1 aromatic rings. The van der Waals surface area contributed by atoms with Gasteiger partial charge in [-0.25, -0.2) is 4.79 Å². The van der Waals surface area contributed by atoms with Gasteiger partial charge in [0.15, 0.2) is 0 Å². The summed E-state index contributed by atoms with van der Waals surface area (Å²) in [7, 11) is 0. The molecule has 0 bridgehead atoms. The molecule has 3 rings (SSSR count). The monoisotopic (exact) mass is 204 g/mol. The third-order valence-electron chi connectivity index (χ3n) is 2.80. The van der Waals surface area contributed by atoms with Crippen LogP contribution >= 0.6 is 0 Å². The van der Waals surface area contributed by atoms with Crippen LogP contribution in [0.5, 0.6) is 0 Å². The van der Waals surface area contributed by atoms with Crippen LogP contribution in [-0.4, -0.2) is 18.7 Å². The van der Waals surface area contributed by atoms with Crippen molar-refractivity contribution in [2.24, 2.45) is 0 Å². The molecule has 3 heteroatoms. The summed E-state index contributed by atoms with van der Waals surface area (Å²) < 4.78 is 10.6. The number of hydrogen-bond donors (Lipinski definition) is 0. The molecule has 1 aliphatic carbocycles. The van der Waals surface area contributed by atoms with Crippen LogP contribution in [0.4, 0.5) is 0 Å². The van der Waals surface area contributed by atoms with Crippen LogP contribution in [0.2, 0.25) is 0 Å². The van der Waals surface area contributed by atoms with Crippen molar-refractivity contribution in [3.05, 3.63) is 35.9 Å². The molecule has 3 nitrogen and oxygen atoms in total. The zero-order valence-electron chi connectivity index (χ0n) is 8.31. The van der Waals surface area contributed by atoms with Crippen molar-refractivity contribution >= 4 is 5.97 Å². The van der Waals surface area contributed by atoms with Gasteiger partial charge in [0.05, 0.1) is 6.61 Å². The molecule has 78 valence electrons. The van der Waals surface area contributed by atoms with Crippen molar-refractivity contribution in [2.45, 2.75) is 24.5 Å². The van der Waals surface area contributed by atoms with E-state index < -0.39 is 5.60 Å². The Bertz CT molecular complexity index is 377. The molecule has 1 unspecified atom stereocenters. The van der Waals surface area contributed by atoms with Gasteiger partial charge in [0, 0.05) is 0 Å². The highest BCUT2D eigenvalue weighted by molar-refractivity contribution is 5.84. The van der Waals surface area contributed by atoms with E-state index in [0.29, 0.717) is 6.61 Å². The lowest BCUT2D eigenvalue weighted by atomic mass is 10.0.